The lowest BCUT2D eigenvalue weighted by atomic mass is 10.1. The Balaban J connectivity index is 1.89. The molecule has 0 atom stereocenters. The fourth-order valence-corrected chi connectivity index (χ4v) is 1.75. The van der Waals surface area contributed by atoms with Gasteiger partial charge in [0, 0.05) is 24.1 Å². The third-order valence-corrected chi connectivity index (χ3v) is 2.63. The van der Waals surface area contributed by atoms with Gasteiger partial charge in [-0.2, -0.15) is 0 Å². The SMILES string of the molecule is O=C(O)/C=C/C(=O)NCCc1coc2ccccc12. The van der Waals surface area contributed by atoms with Crippen molar-refractivity contribution in [1.29, 1.82) is 0 Å². The van der Waals surface area contributed by atoms with Crippen LogP contribution in [0.5, 0.6) is 0 Å². The van der Waals surface area contributed by atoms with Crippen molar-refractivity contribution in [2.45, 2.75) is 6.42 Å². The lowest BCUT2D eigenvalue weighted by molar-refractivity contribution is -0.131. The van der Waals surface area contributed by atoms with E-state index < -0.39 is 11.9 Å². The van der Waals surface area contributed by atoms with Crippen LogP contribution < -0.4 is 5.32 Å². The Hall–Kier alpha value is -2.56. The third kappa shape index (κ3) is 3.45. The van der Waals surface area contributed by atoms with Crippen LogP contribution in [0, 0.1) is 0 Å². The number of carboxylic acids is 1. The first-order chi connectivity index (χ1) is 9.16. The van der Waals surface area contributed by atoms with E-state index in [-0.39, 0.29) is 0 Å². The van der Waals surface area contributed by atoms with Crippen molar-refractivity contribution < 1.29 is 19.1 Å². The summed E-state index contributed by atoms with van der Waals surface area (Å²) >= 11 is 0. The molecule has 0 saturated heterocycles. The van der Waals surface area contributed by atoms with Crippen LogP contribution in [-0.2, 0) is 16.0 Å². The van der Waals surface area contributed by atoms with Crippen molar-refractivity contribution in [2.75, 3.05) is 6.54 Å². The van der Waals surface area contributed by atoms with Crippen LogP contribution in [0.4, 0.5) is 0 Å². The van der Waals surface area contributed by atoms with E-state index in [1.165, 1.54) is 0 Å². The standard InChI is InChI=1S/C14H13NO4/c16-13(5-6-14(17)18)15-8-7-10-9-19-12-4-2-1-3-11(10)12/h1-6,9H,7-8H2,(H,15,16)(H,17,18)/b6-5+. The average Bonchev–Trinajstić information content (AvgIpc) is 2.80. The Morgan fingerprint density at radius 3 is 2.84 bits per heavy atom. The van der Waals surface area contributed by atoms with Crippen LogP contribution in [0.1, 0.15) is 5.56 Å². The Labute approximate surface area is 109 Å². The van der Waals surface area contributed by atoms with Gasteiger partial charge in [-0.1, -0.05) is 18.2 Å². The monoisotopic (exact) mass is 259 g/mol. The van der Waals surface area contributed by atoms with Gasteiger partial charge in [-0.05, 0) is 18.1 Å². The molecule has 0 aliphatic rings. The van der Waals surface area contributed by atoms with E-state index in [0.717, 1.165) is 28.7 Å². The predicted molar refractivity (Wildman–Crippen MR) is 69.7 cm³/mol. The molecular formula is C14H13NO4. The second-order valence-corrected chi connectivity index (χ2v) is 3.97. The molecule has 1 amide bonds. The molecule has 1 heterocycles. The zero-order valence-corrected chi connectivity index (χ0v) is 10.1. The summed E-state index contributed by atoms with van der Waals surface area (Å²) < 4.78 is 5.38. The maximum absolute atomic E-state index is 11.3. The molecule has 2 aromatic rings. The van der Waals surface area contributed by atoms with Crippen molar-refractivity contribution in [3.8, 4) is 0 Å². The summed E-state index contributed by atoms with van der Waals surface area (Å²) in [7, 11) is 0. The molecular weight excluding hydrogens is 246 g/mol. The van der Waals surface area contributed by atoms with E-state index in [2.05, 4.69) is 5.32 Å². The molecule has 5 heteroatoms. The summed E-state index contributed by atoms with van der Waals surface area (Å²) in [6.45, 7) is 0.423. The van der Waals surface area contributed by atoms with E-state index in [0.29, 0.717) is 13.0 Å². The van der Waals surface area contributed by atoms with Gasteiger partial charge in [0.2, 0.25) is 5.91 Å². The normalized spacial score (nSPS) is 10.9. The summed E-state index contributed by atoms with van der Waals surface area (Å²) in [4.78, 5) is 21.5. The highest BCUT2D eigenvalue weighted by Crippen LogP contribution is 2.20. The number of carbonyl (C=O) groups is 2. The number of carbonyl (C=O) groups excluding carboxylic acids is 1. The maximum Gasteiger partial charge on any atom is 0.328 e. The number of rotatable bonds is 5. The Morgan fingerprint density at radius 2 is 2.05 bits per heavy atom. The van der Waals surface area contributed by atoms with Gasteiger partial charge in [0.25, 0.3) is 0 Å². The first-order valence-corrected chi connectivity index (χ1v) is 5.81. The van der Waals surface area contributed by atoms with E-state index >= 15 is 0 Å². The number of furan rings is 1. The molecule has 0 fully saturated rings. The smallest absolute Gasteiger partial charge is 0.328 e. The summed E-state index contributed by atoms with van der Waals surface area (Å²) in [5, 5.41) is 12.0. The van der Waals surface area contributed by atoms with E-state index in [9.17, 15) is 9.59 Å². The molecule has 0 aliphatic heterocycles. The van der Waals surface area contributed by atoms with E-state index in [1.54, 1.807) is 6.26 Å². The average molecular weight is 259 g/mol. The highest BCUT2D eigenvalue weighted by atomic mass is 16.4. The first kappa shape index (κ1) is 12.9. The van der Waals surface area contributed by atoms with Gasteiger partial charge in [0.15, 0.2) is 0 Å². The first-order valence-electron chi connectivity index (χ1n) is 5.81. The fourth-order valence-electron chi connectivity index (χ4n) is 1.75. The molecule has 0 spiro atoms. The molecule has 98 valence electrons. The van der Waals surface area contributed by atoms with Gasteiger partial charge in [-0.25, -0.2) is 4.79 Å². The number of hydrogen-bond donors (Lipinski definition) is 2. The van der Waals surface area contributed by atoms with E-state index in [1.807, 2.05) is 24.3 Å². The zero-order chi connectivity index (χ0) is 13.7. The van der Waals surface area contributed by atoms with Crippen molar-refractivity contribution in [3.05, 3.63) is 48.2 Å². The minimum absolute atomic E-state index is 0.421. The van der Waals surface area contributed by atoms with Gasteiger partial charge in [0.1, 0.15) is 5.58 Å². The summed E-state index contributed by atoms with van der Waals surface area (Å²) in [5.41, 5.74) is 1.83. The molecule has 0 aliphatic carbocycles. The lowest BCUT2D eigenvalue weighted by Crippen LogP contribution is -2.23. The van der Waals surface area contributed by atoms with Crippen LogP contribution in [0.25, 0.3) is 11.0 Å². The van der Waals surface area contributed by atoms with Crippen LogP contribution in [0.3, 0.4) is 0 Å². The van der Waals surface area contributed by atoms with Gasteiger partial charge >= 0.3 is 5.97 Å². The summed E-state index contributed by atoms with van der Waals surface area (Å²) in [6, 6.07) is 7.66. The third-order valence-electron chi connectivity index (χ3n) is 2.63. The second-order valence-electron chi connectivity index (χ2n) is 3.97. The minimum atomic E-state index is -1.14. The molecule has 5 nitrogen and oxygen atoms in total. The molecule has 0 radical (unpaired) electrons. The second kappa shape index (κ2) is 5.86. The van der Waals surface area contributed by atoms with Crippen LogP contribution in [-0.4, -0.2) is 23.5 Å². The van der Waals surface area contributed by atoms with E-state index in [4.69, 9.17) is 9.52 Å². The highest BCUT2D eigenvalue weighted by molar-refractivity contribution is 5.93. The molecule has 19 heavy (non-hydrogen) atoms. The largest absolute Gasteiger partial charge is 0.478 e. The van der Waals surface area contributed by atoms with Gasteiger partial charge < -0.3 is 14.8 Å². The number of benzene rings is 1. The predicted octanol–water partition coefficient (Wildman–Crippen LogP) is 1.73. The molecule has 0 saturated carbocycles. The lowest BCUT2D eigenvalue weighted by Gasteiger charge is -2.00. The topological polar surface area (TPSA) is 79.5 Å². The van der Waals surface area contributed by atoms with Crippen molar-refractivity contribution in [3.63, 3.8) is 0 Å². The number of nitrogens with one attached hydrogen (secondary N) is 1. The molecule has 1 aromatic heterocycles. The number of para-hydroxylation sites is 1. The Morgan fingerprint density at radius 1 is 1.26 bits per heavy atom. The molecule has 1 aromatic carbocycles. The highest BCUT2D eigenvalue weighted by Gasteiger charge is 2.05. The number of aliphatic carboxylic acids is 1. The molecule has 0 bridgehead atoms. The number of amides is 1. The minimum Gasteiger partial charge on any atom is -0.478 e. The Kier molecular flexibility index (Phi) is 3.97. The Bertz CT molecular complexity index is 627. The van der Waals surface area contributed by atoms with Gasteiger partial charge in [-0.3, -0.25) is 4.79 Å². The van der Waals surface area contributed by atoms with Gasteiger partial charge in [0.05, 0.1) is 6.26 Å². The van der Waals surface area contributed by atoms with Gasteiger partial charge in [-0.15, -0.1) is 0 Å². The van der Waals surface area contributed by atoms with Crippen molar-refractivity contribution in [1.82, 2.24) is 5.32 Å². The zero-order valence-electron chi connectivity index (χ0n) is 10.1. The molecule has 0 unspecified atom stereocenters. The quantitative estimate of drug-likeness (QED) is 0.801. The number of fused-ring (bicyclic) bond motifs is 1. The molecule has 2 rings (SSSR count). The van der Waals surface area contributed by atoms with Crippen LogP contribution in [0.2, 0.25) is 0 Å². The van der Waals surface area contributed by atoms with Crippen LogP contribution >= 0.6 is 0 Å². The molecule has 2 N–H and O–H groups in total. The number of carboxylic acid groups (broad SMARTS) is 1. The number of hydrogen-bond acceptors (Lipinski definition) is 3. The van der Waals surface area contributed by atoms with Crippen molar-refractivity contribution >= 4 is 22.8 Å². The maximum atomic E-state index is 11.3. The fraction of sp³-hybridized carbons (Fsp3) is 0.143. The summed E-state index contributed by atoms with van der Waals surface area (Å²) in [6.07, 6.45) is 4.10. The van der Waals surface area contributed by atoms with Crippen molar-refractivity contribution in [2.24, 2.45) is 0 Å². The summed E-state index contributed by atoms with van der Waals surface area (Å²) in [5.74, 6) is -1.56. The van der Waals surface area contributed by atoms with Crippen LogP contribution in [0.15, 0.2) is 47.1 Å².